The summed E-state index contributed by atoms with van der Waals surface area (Å²) in [6, 6.07) is 9.66. The van der Waals surface area contributed by atoms with E-state index in [4.69, 9.17) is 0 Å². The number of nitrogens with zero attached hydrogens (tertiary/aromatic N) is 1. The third-order valence-corrected chi connectivity index (χ3v) is 5.55. The number of hydrogen-bond donors (Lipinski definition) is 0. The third-order valence-electron chi connectivity index (χ3n) is 5.55. The molecular weight excluding hydrogens is 278 g/mol. The largest absolute Gasteiger partial charge is 0.345 e. The molecule has 3 rings (SSSR count). The molecule has 1 saturated heterocycles. The highest BCUT2D eigenvalue weighted by atomic mass is 16.2. The molecule has 1 aromatic rings. The van der Waals surface area contributed by atoms with Crippen molar-refractivity contribution in [1.29, 1.82) is 0 Å². The summed E-state index contributed by atoms with van der Waals surface area (Å²) in [6.45, 7) is 2.54. The van der Waals surface area contributed by atoms with Gasteiger partial charge in [0.15, 0.2) is 0 Å². The number of likely N-dealkylation sites (tertiary alicyclic amines) is 1. The number of amides is 1. The Morgan fingerprint density at radius 1 is 1.23 bits per heavy atom. The molecule has 2 aliphatic rings. The van der Waals surface area contributed by atoms with Crippen molar-refractivity contribution in [2.75, 3.05) is 13.6 Å². The Hall–Kier alpha value is -1.97. The standard InChI is InChI=1S/C18H21NO3/c1-12-15-8-9-19(2)17(22)18(15,10-13(11-20)16(12)21)14-6-4-3-5-7-14/h3-7,11-13,15H,8-10H2,1-2H3/t12-,13?,15-,18?/m0/s1. The Bertz CT molecular complexity index is 612. The number of likely N-dealkylation sites (N-methyl/N-ethyl adjacent to an activating group) is 1. The molecule has 1 amide bonds. The molecule has 1 heterocycles. The topological polar surface area (TPSA) is 54.5 Å². The van der Waals surface area contributed by atoms with Crippen LogP contribution in [0.25, 0.3) is 0 Å². The van der Waals surface area contributed by atoms with Crippen molar-refractivity contribution in [3.05, 3.63) is 35.9 Å². The fraction of sp³-hybridized carbons (Fsp3) is 0.500. The van der Waals surface area contributed by atoms with Crippen LogP contribution in [0.5, 0.6) is 0 Å². The number of ketones is 1. The van der Waals surface area contributed by atoms with E-state index in [2.05, 4.69) is 0 Å². The Morgan fingerprint density at radius 3 is 2.55 bits per heavy atom. The second-order valence-corrected chi connectivity index (χ2v) is 6.60. The van der Waals surface area contributed by atoms with E-state index >= 15 is 0 Å². The quantitative estimate of drug-likeness (QED) is 0.618. The molecule has 0 spiro atoms. The smallest absolute Gasteiger partial charge is 0.233 e. The van der Waals surface area contributed by atoms with Gasteiger partial charge in [0, 0.05) is 19.5 Å². The van der Waals surface area contributed by atoms with Crippen LogP contribution in [0.1, 0.15) is 25.3 Å². The van der Waals surface area contributed by atoms with Crippen molar-refractivity contribution in [3.8, 4) is 0 Å². The van der Waals surface area contributed by atoms with Crippen molar-refractivity contribution in [2.24, 2.45) is 17.8 Å². The van der Waals surface area contributed by atoms with E-state index in [-0.39, 0.29) is 23.5 Å². The van der Waals surface area contributed by atoms with Gasteiger partial charge >= 0.3 is 0 Å². The van der Waals surface area contributed by atoms with Crippen LogP contribution in [-0.4, -0.2) is 36.5 Å². The van der Waals surface area contributed by atoms with Gasteiger partial charge in [-0.25, -0.2) is 0 Å². The lowest BCUT2D eigenvalue weighted by atomic mass is 9.53. The van der Waals surface area contributed by atoms with Crippen molar-refractivity contribution >= 4 is 18.0 Å². The number of piperidine rings is 1. The van der Waals surface area contributed by atoms with Gasteiger partial charge < -0.3 is 9.69 Å². The monoisotopic (exact) mass is 299 g/mol. The molecule has 4 nitrogen and oxygen atoms in total. The van der Waals surface area contributed by atoms with Crippen LogP contribution in [-0.2, 0) is 19.8 Å². The summed E-state index contributed by atoms with van der Waals surface area (Å²) in [6.07, 6.45) is 1.83. The summed E-state index contributed by atoms with van der Waals surface area (Å²) in [5.41, 5.74) is 0.190. The number of fused-ring (bicyclic) bond motifs is 1. The molecule has 1 aliphatic heterocycles. The van der Waals surface area contributed by atoms with Crippen LogP contribution in [0.2, 0.25) is 0 Å². The van der Waals surface area contributed by atoms with E-state index < -0.39 is 11.3 Å². The summed E-state index contributed by atoms with van der Waals surface area (Å²) < 4.78 is 0. The van der Waals surface area contributed by atoms with Gasteiger partial charge in [0.2, 0.25) is 5.91 Å². The summed E-state index contributed by atoms with van der Waals surface area (Å²) in [7, 11) is 1.81. The molecule has 0 aromatic heterocycles. The maximum absolute atomic E-state index is 13.1. The van der Waals surface area contributed by atoms with Crippen LogP contribution in [0.4, 0.5) is 0 Å². The molecule has 1 aromatic carbocycles. The molecule has 4 atom stereocenters. The number of hydrogen-bond acceptors (Lipinski definition) is 3. The zero-order valence-corrected chi connectivity index (χ0v) is 13.0. The minimum atomic E-state index is -0.743. The van der Waals surface area contributed by atoms with Crippen molar-refractivity contribution in [2.45, 2.75) is 25.2 Å². The normalized spacial score (nSPS) is 35.2. The lowest BCUT2D eigenvalue weighted by Gasteiger charge is -2.52. The molecule has 1 saturated carbocycles. The molecule has 116 valence electrons. The lowest BCUT2D eigenvalue weighted by Crippen LogP contribution is -2.61. The van der Waals surface area contributed by atoms with Crippen LogP contribution >= 0.6 is 0 Å². The Labute approximate surface area is 130 Å². The number of rotatable bonds is 2. The first kappa shape index (κ1) is 14.9. The molecule has 1 aliphatic carbocycles. The number of carbonyl (C=O) groups excluding carboxylic acids is 3. The molecule has 0 N–H and O–H groups in total. The fourth-order valence-electron chi connectivity index (χ4n) is 4.38. The number of Topliss-reactive ketones (excluding diaryl/α,β-unsaturated/α-hetero) is 1. The van der Waals surface area contributed by atoms with Crippen LogP contribution in [0, 0.1) is 17.8 Å². The summed E-state index contributed by atoms with van der Waals surface area (Å²) in [5, 5.41) is 0. The van der Waals surface area contributed by atoms with Gasteiger partial charge in [-0.05, 0) is 24.3 Å². The predicted octanol–water partition coefficient (Wildman–Crippen LogP) is 1.83. The number of aldehydes is 1. The van der Waals surface area contributed by atoms with Crippen LogP contribution in [0.15, 0.2) is 30.3 Å². The number of carbonyl (C=O) groups is 3. The fourth-order valence-corrected chi connectivity index (χ4v) is 4.38. The van der Waals surface area contributed by atoms with E-state index in [1.807, 2.05) is 37.3 Å². The van der Waals surface area contributed by atoms with Gasteiger partial charge in [0.25, 0.3) is 0 Å². The first-order chi connectivity index (χ1) is 10.5. The highest BCUT2D eigenvalue weighted by molar-refractivity contribution is 6.00. The maximum atomic E-state index is 13.1. The van der Waals surface area contributed by atoms with Crippen molar-refractivity contribution in [3.63, 3.8) is 0 Å². The second kappa shape index (κ2) is 5.34. The van der Waals surface area contributed by atoms with Gasteiger partial charge in [-0.3, -0.25) is 9.59 Å². The minimum absolute atomic E-state index is 0.0103. The zero-order chi connectivity index (χ0) is 15.9. The second-order valence-electron chi connectivity index (χ2n) is 6.60. The predicted molar refractivity (Wildman–Crippen MR) is 82.2 cm³/mol. The van der Waals surface area contributed by atoms with E-state index in [0.717, 1.165) is 18.3 Å². The van der Waals surface area contributed by atoms with Gasteiger partial charge in [-0.2, -0.15) is 0 Å². The molecule has 0 radical (unpaired) electrons. The number of benzene rings is 1. The zero-order valence-electron chi connectivity index (χ0n) is 13.0. The van der Waals surface area contributed by atoms with Crippen LogP contribution in [0.3, 0.4) is 0 Å². The van der Waals surface area contributed by atoms with Gasteiger partial charge in [-0.15, -0.1) is 0 Å². The van der Waals surface area contributed by atoms with E-state index in [1.165, 1.54) is 0 Å². The van der Waals surface area contributed by atoms with Gasteiger partial charge in [0.1, 0.15) is 12.1 Å². The Balaban J connectivity index is 2.18. The average Bonchev–Trinajstić information content (AvgIpc) is 2.55. The van der Waals surface area contributed by atoms with E-state index in [1.54, 1.807) is 11.9 Å². The Morgan fingerprint density at radius 2 is 1.91 bits per heavy atom. The first-order valence-corrected chi connectivity index (χ1v) is 7.82. The van der Waals surface area contributed by atoms with E-state index in [0.29, 0.717) is 13.0 Å². The molecule has 2 fully saturated rings. The highest BCUT2D eigenvalue weighted by Gasteiger charge is 2.58. The van der Waals surface area contributed by atoms with Crippen LogP contribution < -0.4 is 0 Å². The van der Waals surface area contributed by atoms with Crippen molar-refractivity contribution in [1.82, 2.24) is 4.90 Å². The molecule has 4 heteroatoms. The SMILES string of the molecule is C[C@@H]1C(=O)C(C=O)CC2(c3ccccc3)C(=O)N(C)CC[C@@H]12. The lowest BCUT2D eigenvalue weighted by molar-refractivity contribution is -0.153. The molecule has 0 bridgehead atoms. The molecular formula is C18H21NO3. The average molecular weight is 299 g/mol. The highest BCUT2D eigenvalue weighted by Crippen LogP contribution is 2.51. The maximum Gasteiger partial charge on any atom is 0.233 e. The van der Waals surface area contributed by atoms with Gasteiger partial charge in [0.05, 0.1) is 11.3 Å². The summed E-state index contributed by atoms with van der Waals surface area (Å²) >= 11 is 0. The minimum Gasteiger partial charge on any atom is -0.345 e. The van der Waals surface area contributed by atoms with Crippen molar-refractivity contribution < 1.29 is 14.4 Å². The Kier molecular flexibility index (Phi) is 3.63. The molecule has 22 heavy (non-hydrogen) atoms. The first-order valence-electron chi connectivity index (χ1n) is 7.82. The molecule has 2 unspecified atom stereocenters. The summed E-state index contributed by atoms with van der Waals surface area (Å²) in [4.78, 5) is 38.7. The van der Waals surface area contributed by atoms with E-state index in [9.17, 15) is 14.4 Å². The van der Waals surface area contributed by atoms with Gasteiger partial charge in [-0.1, -0.05) is 37.3 Å². The summed E-state index contributed by atoms with van der Waals surface area (Å²) in [5.74, 6) is -0.934. The third kappa shape index (κ3) is 1.93.